The molecule has 3 N–H and O–H groups in total. The topological polar surface area (TPSA) is 75.4 Å². The van der Waals surface area contributed by atoms with Crippen molar-refractivity contribution in [2.24, 2.45) is 5.73 Å². The Bertz CT molecular complexity index is 515. The second-order valence-electron chi connectivity index (χ2n) is 4.88. The van der Waals surface area contributed by atoms with Crippen molar-refractivity contribution in [2.45, 2.75) is 25.0 Å². The number of rotatable bonds is 1. The van der Waals surface area contributed by atoms with Crippen LogP contribution in [0.1, 0.15) is 11.1 Å². The number of nitrogens with two attached hydrogens (primary N) is 1. The number of fused-ring (bicyclic) bond motifs is 2. The van der Waals surface area contributed by atoms with Gasteiger partial charge in [0.1, 0.15) is 6.04 Å². The molecule has 2 amide bonds. The zero-order valence-corrected chi connectivity index (χ0v) is 9.93. The molecular formula is C13H15N3O2. The fraction of sp³-hybridized carbons (Fsp3) is 0.385. The number of carbonyl (C=O) groups is 2. The van der Waals surface area contributed by atoms with Crippen LogP contribution >= 0.6 is 0 Å². The molecule has 2 atom stereocenters. The molecule has 1 aromatic carbocycles. The number of primary amides is 1. The summed E-state index contributed by atoms with van der Waals surface area (Å²) < 4.78 is 0. The lowest BCUT2D eigenvalue weighted by atomic mass is 9.91. The molecule has 2 unspecified atom stereocenters. The van der Waals surface area contributed by atoms with Crippen LogP contribution in [0.4, 0.5) is 0 Å². The lowest BCUT2D eigenvalue weighted by Gasteiger charge is -2.41. The van der Waals surface area contributed by atoms with Crippen molar-refractivity contribution >= 4 is 11.8 Å². The summed E-state index contributed by atoms with van der Waals surface area (Å²) in [5, 5.41) is 2.69. The van der Waals surface area contributed by atoms with Crippen molar-refractivity contribution < 1.29 is 9.59 Å². The van der Waals surface area contributed by atoms with Gasteiger partial charge in [0.05, 0.1) is 6.04 Å². The molecule has 0 spiro atoms. The summed E-state index contributed by atoms with van der Waals surface area (Å²) in [5.74, 6) is -0.569. The molecule has 2 aliphatic heterocycles. The molecular weight excluding hydrogens is 230 g/mol. The molecule has 3 rings (SSSR count). The molecule has 1 aromatic rings. The molecule has 18 heavy (non-hydrogen) atoms. The van der Waals surface area contributed by atoms with Crippen LogP contribution in [0.5, 0.6) is 0 Å². The highest BCUT2D eigenvalue weighted by atomic mass is 16.2. The van der Waals surface area contributed by atoms with Gasteiger partial charge in [-0.2, -0.15) is 0 Å². The van der Waals surface area contributed by atoms with E-state index in [0.717, 1.165) is 0 Å². The van der Waals surface area contributed by atoms with Crippen molar-refractivity contribution in [3.8, 4) is 0 Å². The molecule has 5 heteroatoms. The zero-order chi connectivity index (χ0) is 12.7. The monoisotopic (exact) mass is 245 g/mol. The third-order valence-corrected chi connectivity index (χ3v) is 3.73. The average molecular weight is 245 g/mol. The summed E-state index contributed by atoms with van der Waals surface area (Å²) in [5.41, 5.74) is 7.71. The smallest absolute Gasteiger partial charge is 0.241 e. The van der Waals surface area contributed by atoms with E-state index in [4.69, 9.17) is 5.73 Å². The van der Waals surface area contributed by atoms with Gasteiger partial charge in [0.25, 0.3) is 0 Å². The average Bonchev–Trinajstić information content (AvgIpc) is 2.36. The van der Waals surface area contributed by atoms with E-state index in [0.29, 0.717) is 19.5 Å². The highest BCUT2D eigenvalue weighted by Crippen LogP contribution is 2.25. The molecule has 0 bridgehead atoms. The number of benzene rings is 1. The fourth-order valence-electron chi connectivity index (χ4n) is 2.74. The van der Waals surface area contributed by atoms with Crippen molar-refractivity contribution in [1.29, 1.82) is 0 Å². The molecule has 0 saturated carbocycles. The van der Waals surface area contributed by atoms with Crippen LogP contribution in [0.15, 0.2) is 24.3 Å². The minimum Gasteiger partial charge on any atom is -0.368 e. The number of nitrogens with zero attached hydrogens (tertiary/aromatic N) is 1. The molecule has 5 nitrogen and oxygen atoms in total. The van der Waals surface area contributed by atoms with E-state index in [1.165, 1.54) is 11.1 Å². The molecule has 2 heterocycles. The Balaban J connectivity index is 1.88. The van der Waals surface area contributed by atoms with Gasteiger partial charge in [0.2, 0.25) is 11.8 Å². The maximum atomic E-state index is 12.0. The minimum absolute atomic E-state index is 0.0976. The van der Waals surface area contributed by atoms with Crippen LogP contribution in [0, 0.1) is 0 Å². The number of amides is 2. The van der Waals surface area contributed by atoms with Gasteiger partial charge in [-0.25, -0.2) is 0 Å². The summed E-state index contributed by atoms with van der Waals surface area (Å²) in [6.45, 7) is 1.21. The number of carbonyl (C=O) groups excluding carboxylic acids is 2. The van der Waals surface area contributed by atoms with Crippen LogP contribution in [-0.4, -0.2) is 35.3 Å². The Morgan fingerprint density at radius 3 is 2.78 bits per heavy atom. The van der Waals surface area contributed by atoms with Crippen LogP contribution in [0.3, 0.4) is 0 Å². The molecule has 1 saturated heterocycles. The third kappa shape index (κ3) is 1.76. The number of nitrogens with one attached hydrogen (secondary N) is 1. The summed E-state index contributed by atoms with van der Waals surface area (Å²) in [4.78, 5) is 25.2. The van der Waals surface area contributed by atoms with Crippen LogP contribution < -0.4 is 11.1 Å². The van der Waals surface area contributed by atoms with Crippen molar-refractivity contribution in [2.75, 3.05) is 6.54 Å². The van der Waals surface area contributed by atoms with E-state index in [1.54, 1.807) is 0 Å². The first-order valence-corrected chi connectivity index (χ1v) is 6.05. The maximum Gasteiger partial charge on any atom is 0.241 e. The number of hydrogen-bond donors (Lipinski definition) is 2. The Morgan fingerprint density at radius 2 is 2.06 bits per heavy atom. The van der Waals surface area contributed by atoms with E-state index in [-0.39, 0.29) is 11.9 Å². The largest absolute Gasteiger partial charge is 0.368 e. The van der Waals surface area contributed by atoms with Gasteiger partial charge < -0.3 is 11.1 Å². The second-order valence-corrected chi connectivity index (χ2v) is 4.88. The Kier molecular flexibility index (Phi) is 2.56. The highest BCUT2D eigenvalue weighted by Gasteiger charge is 2.39. The van der Waals surface area contributed by atoms with Gasteiger partial charge >= 0.3 is 0 Å². The predicted octanol–water partition coefficient (Wildman–Crippen LogP) is -0.603. The number of piperazine rings is 1. The van der Waals surface area contributed by atoms with Crippen molar-refractivity contribution in [1.82, 2.24) is 10.2 Å². The van der Waals surface area contributed by atoms with E-state index in [9.17, 15) is 9.59 Å². The normalized spacial score (nSPS) is 27.0. The SMILES string of the molecule is NC(=O)C1CN2Cc3ccccc3CC2C(=O)N1. The lowest BCUT2D eigenvalue weighted by molar-refractivity contribution is -0.136. The molecule has 1 fully saturated rings. The first-order valence-electron chi connectivity index (χ1n) is 6.05. The Hall–Kier alpha value is -1.88. The first-order chi connectivity index (χ1) is 8.65. The van der Waals surface area contributed by atoms with E-state index in [2.05, 4.69) is 17.4 Å². The molecule has 0 radical (unpaired) electrons. The second kappa shape index (κ2) is 4.10. The summed E-state index contributed by atoms with van der Waals surface area (Å²) >= 11 is 0. The molecule has 94 valence electrons. The lowest BCUT2D eigenvalue weighted by Crippen LogP contribution is -2.64. The molecule has 0 aliphatic carbocycles. The van der Waals surface area contributed by atoms with Crippen LogP contribution in [0.2, 0.25) is 0 Å². The van der Waals surface area contributed by atoms with Crippen molar-refractivity contribution in [3.63, 3.8) is 0 Å². The predicted molar refractivity (Wildman–Crippen MR) is 65.5 cm³/mol. The Labute approximate surface area is 105 Å². The molecule has 0 aromatic heterocycles. The van der Waals surface area contributed by atoms with Gasteiger partial charge in [-0.3, -0.25) is 14.5 Å². The van der Waals surface area contributed by atoms with Gasteiger partial charge in [-0.15, -0.1) is 0 Å². The quantitative estimate of drug-likeness (QED) is 0.693. The Morgan fingerprint density at radius 1 is 1.33 bits per heavy atom. The van der Waals surface area contributed by atoms with Crippen molar-refractivity contribution in [3.05, 3.63) is 35.4 Å². The zero-order valence-electron chi connectivity index (χ0n) is 9.93. The summed E-state index contributed by atoms with van der Waals surface area (Å²) in [6.07, 6.45) is 0.702. The van der Waals surface area contributed by atoms with E-state index in [1.807, 2.05) is 17.0 Å². The number of hydrogen-bond acceptors (Lipinski definition) is 3. The van der Waals surface area contributed by atoms with E-state index >= 15 is 0 Å². The van der Waals surface area contributed by atoms with E-state index < -0.39 is 11.9 Å². The van der Waals surface area contributed by atoms with Gasteiger partial charge in [-0.1, -0.05) is 24.3 Å². The standard InChI is InChI=1S/C13H15N3O2/c14-12(17)10-7-16-6-9-4-2-1-3-8(9)5-11(16)13(18)15-10/h1-4,10-11H,5-7H2,(H2,14,17)(H,15,18). The summed E-state index contributed by atoms with van der Waals surface area (Å²) in [6, 6.07) is 7.36. The van der Waals surface area contributed by atoms with Gasteiger partial charge in [0, 0.05) is 13.1 Å². The molecule has 2 aliphatic rings. The van der Waals surface area contributed by atoms with Gasteiger partial charge in [-0.05, 0) is 17.5 Å². The van der Waals surface area contributed by atoms with Crippen LogP contribution in [-0.2, 0) is 22.6 Å². The van der Waals surface area contributed by atoms with Crippen LogP contribution in [0.25, 0.3) is 0 Å². The van der Waals surface area contributed by atoms with Gasteiger partial charge in [0.15, 0.2) is 0 Å². The third-order valence-electron chi connectivity index (χ3n) is 3.73. The highest BCUT2D eigenvalue weighted by molar-refractivity contribution is 5.90. The fourth-order valence-corrected chi connectivity index (χ4v) is 2.74. The first kappa shape index (κ1) is 11.2. The summed E-state index contributed by atoms with van der Waals surface area (Å²) in [7, 11) is 0. The maximum absolute atomic E-state index is 12.0. The minimum atomic E-state index is -0.570.